The van der Waals surface area contributed by atoms with Gasteiger partial charge in [-0.15, -0.1) is 12.4 Å². The van der Waals surface area contributed by atoms with Gasteiger partial charge in [0.05, 0.1) is 0 Å². The molecule has 0 fully saturated rings. The highest BCUT2D eigenvalue weighted by molar-refractivity contribution is 5.85. The first-order valence-electron chi connectivity index (χ1n) is 5.75. The van der Waals surface area contributed by atoms with Crippen LogP contribution in [0.3, 0.4) is 0 Å². The zero-order valence-corrected chi connectivity index (χ0v) is 10.8. The lowest BCUT2D eigenvalue weighted by atomic mass is 10.2. The Labute approximate surface area is 96.0 Å². The van der Waals surface area contributed by atoms with Crippen LogP contribution in [0, 0.1) is 0 Å². The lowest BCUT2D eigenvalue weighted by Gasteiger charge is -2.19. The van der Waals surface area contributed by atoms with Crippen molar-refractivity contribution in [2.45, 2.75) is 52.9 Å². The Hall–Kier alpha value is -0.170. The van der Waals surface area contributed by atoms with Gasteiger partial charge in [0.15, 0.2) is 0 Å². The van der Waals surface area contributed by atoms with Crippen molar-refractivity contribution in [2.24, 2.45) is 0 Å². The summed E-state index contributed by atoms with van der Waals surface area (Å²) >= 11 is 0. The SMILES string of the molecule is CC/C=C/N(CCCC)CCCC.Cl. The number of allylic oxidation sites excluding steroid dienone is 1. The molecular formula is C12H26ClN. The van der Waals surface area contributed by atoms with E-state index < -0.39 is 0 Å². The zero-order chi connectivity index (χ0) is 9.94. The van der Waals surface area contributed by atoms with Gasteiger partial charge in [0.25, 0.3) is 0 Å². The minimum absolute atomic E-state index is 0. The molecule has 0 heterocycles. The molecule has 1 nitrogen and oxygen atoms in total. The molecule has 0 saturated heterocycles. The van der Waals surface area contributed by atoms with Gasteiger partial charge in [-0.1, -0.05) is 39.7 Å². The summed E-state index contributed by atoms with van der Waals surface area (Å²) < 4.78 is 0. The van der Waals surface area contributed by atoms with E-state index >= 15 is 0 Å². The first kappa shape index (κ1) is 16.3. The molecule has 0 rings (SSSR count). The van der Waals surface area contributed by atoms with Crippen molar-refractivity contribution in [3.63, 3.8) is 0 Å². The van der Waals surface area contributed by atoms with Gasteiger partial charge in [-0.25, -0.2) is 0 Å². The fourth-order valence-corrected chi connectivity index (χ4v) is 1.24. The zero-order valence-electron chi connectivity index (χ0n) is 9.96. The van der Waals surface area contributed by atoms with Crippen LogP contribution < -0.4 is 0 Å². The van der Waals surface area contributed by atoms with Crippen LogP contribution in [0.4, 0.5) is 0 Å². The van der Waals surface area contributed by atoms with Gasteiger partial charge in [-0.2, -0.15) is 0 Å². The quantitative estimate of drug-likeness (QED) is 0.591. The van der Waals surface area contributed by atoms with Gasteiger partial charge >= 0.3 is 0 Å². The van der Waals surface area contributed by atoms with Crippen molar-refractivity contribution in [3.8, 4) is 0 Å². The molecule has 0 amide bonds. The molecule has 0 aliphatic rings. The van der Waals surface area contributed by atoms with Crippen LogP contribution >= 0.6 is 12.4 Å². The smallest absolute Gasteiger partial charge is 0.0172 e. The largest absolute Gasteiger partial charge is 0.378 e. The van der Waals surface area contributed by atoms with Crippen LogP contribution in [0.2, 0.25) is 0 Å². The van der Waals surface area contributed by atoms with Crippen molar-refractivity contribution in [1.29, 1.82) is 0 Å². The van der Waals surface area contributed by atoms with Crippen LogP contribution in [0.15, 0.2) is 12.3 Å². The Morgan fingerprint density at radius 3 is 1.79 bits per heavy atom. The minimum atomic E-state index is 0. The van der Waals surface area contributed by atoms with Gasteiger partial charge in [0.1, 0.15) is 0 Å². The average molecular weight is 220 g/mol. The lowest BCUT2D eigenvalue weighted by Crippen LogP contribution is -2.19. The van der Waals surface area contributed by atoms with Gasteiger partial charge in [0, 0.05) is 13.1 Å². The molecule has 0 bridgehead atoms. The Morgan fingerprint density at radius 1 is 0.929 bits per heavy atom. The molecule has 14 heavy (non-hydrogen) atoms. The molecule has 0 aromatic rings. The molecule has 0 radical (unpaired) electrons. The standard InChI is InChI=1S/C12H25N.ClH/c1-4-7-10-13(11-8-5-2)12-9-6-3;/h7,10H,4-6,8-9,11-12H2,1-3H3;1H/b10-7+;. The lowest BCUT2D eigenvalue weighted by molar-refractivity contribution is 0.359. The van der Waals surface area contributed by atoms with E-state index in [2.05, 4.69) is 37.9 Å². The molecular weight excluding hydrogens is 194 g/mol. The van der Waals surface area contributed by atoms with Crippen LogP contribution in [0.1, 0.15) is 52.9 Å². The van der Waals surface area contributed by atoms with Gasteiger partial charge in [0.2, 0.25) is 0 Å². The van der Waals surface area contributed by atoms with Crippen molar-refractivity contribution in [3.05, 3.63) is 12.3 Å². The summed E-state index contributed by atoms with van der Waals surface area (Å²) in [6.45, 7) is 9.15. The number of unbranched alkanes of at least 4 members (excludes halogenated alkanes) is 2. The summed E-state index contributed by atoms with van der Waals surface area (Å²) in [5.74, 6) is 0. The molecule has 0 unspecified atom stereocenters. The second-order valence-corrected chi connectivity index (χ2v) is 3.54. The number of halogens is 1. The second-order valence-electron chi connectivity index (χ2n) is 3.54. The van der Waals surface area contributed by atoms with Crippen molar-refractivity contribution in [2.75, 3.05) is 13.1 Å². The predicted molar refractivity (Wildman–Crippen MR) is 68.1 cm³/mol. The third-order valence-electron chi connectivity index (χ3n) is 2.15. The second kappa shape index (κ2) is 12.8. The maximum absolute atomic E-state index is 2.45. The van der Waals surface area contributed by atoms with E-state index in [1.807, 2.05) is 0 Å². The van der Waals surface area contributed by atoms with Crippen LogP contribution in [0.5, 0.6) is 0 Å². The highest BCUT2D eigenvalue weighted by atomic mass is 35.5. The molecule has 86 valence electrons. The predicted octanol–water partition coefficient (Wildman–Crippen LogP) is 4.23. The number of rotatable bonds is 8. The van der Waals surface area contributed by atoms with Crippen LogP contribution in [-0.2, 0) is 0 Å². The summed E-state index contributed by atoms with van der Waals surface area (Å²) in [6.07, 6.45) is 10.9. The number of nitrogens with zero attached hydrogens (tertiary/aromatic N) is 1. The van der Waals surface area contributed by atoms with Crippen LogP contribution in [0.25, 0.3) is 0 Å². The minimum Gasteiger partial charge on any atom is -0.378 e. The maximum atomic E-state index is 2.45. The number of hydrogen-bond acceptors (Lipinski definition) is 1. The fourth-order valence-electron chi connectivity index (χ4n) is 1.24. The fraction of sp³-hybridized carbons (Fsp3) is 0.833. The summed E-state index contributed by atoms with van der Waals surface area (Å²) in [6, 6.07) is 0. The van der Waals surface area contributed by atoms with Gasteiger partial charge in [-0.3, -0.25) is 0 Å². The first-order chi connectivity index (χ1) is 6.35. The Balaban J connectivity index is 0. The average Bonchev–Trinajstić information content (AvgIpc) is 2.17. The van der Waals surface area contributed by atoms with E-state index in [0.717, 1.165) is 6.42 Å². The molecule has 0 aromatic heterocycles. The highest BCUT2D eigenvalue weighted by Gasteiger charge is 1.96. The third kappa shape index (κ3) is 9.91. The monoisotopic (exact) mass is 219 g/mol. The summed E-state index contributed by atoms with van der Waals surface area (Å²) in [5, 5.41) is 0. The topological polar surface area (TPSA) is 3.24 Å². The first-order valence-corrected chi connectivity index (χ1v) is 5.75. The highest BCUT2D eigenvalue weighted by Crippen LogP contribution is 2.00. The molecule has 0 aliphatic heterocycles. The van der Waals surface area contributed by atoms with Crippen LogP contribution in [-0.4, -0.2) is 18.0 Å². The van der Waals surface area contributed by atoms with E-state index in [0.29, 0.717) is 0 Å². The molecule has 0 aromatic carbocycles. The molecule has 2 heteroatoms. The van der Waals surface area contributed by atoms with E-state index in [-0.39, 0.29) is 12.4 Å². The summed E-state index contributed by atoms with van der Waals surface area (Å²) in [7, 11) is 0. The summed E-state index contributed by atoms with van der Waals surface area (Å²) in [4.78, 5) is 2.45. The third-order valence-corrected chi connectivity index (χ3v) is 2.15. The van der Waals surface area contributed by atoms with E-state index in [1.165, 1.54) is 38.8 Å². The molecule has 0 spiro atoms. The van der Waals surface area contributed by atoms with E-state index in [9.17, 15) is 0 Å². The summed E-state index contributed by atoms with van der Waals surface area (Å²) in [5.41, 5.74) is 0. The Kier molecular flexibility index (Phi) is 14.9. The Bertz CT molecular complexity index is 115. The maximum Gasteiger partial charge on any atom is 0.0172 e. The van der Waals surface area contributed by atoms with Gasteiger partial charge in [-0.05, 0) is 25.5 Å². The normalized spacial score (nSPS) is 10.2. The molecule has 0 saturated carbocycles. The van der Waals surface area contributed by atoms with Gasteiger partial charge < -0.3 is 4.90 Å². The van der Waals surface area contributed by atoms with Crippen molar-refractivity contribution in [1.82, 2.24) is 4.90 Å². The van der Waals surface area contributed by atoms with Crippen molar-refractivity contribution >= 4 is 12.4 Å². The van der Waals surface area contributed by atoms with Crippen molar-refractivity contribution < 1.29 is 0 Å². The van der Waals surface area contributed by atoms with E-state index in [1.54, 1.807) is 0 Å². The Morgan fingerprint density at radius 2 is 1.43 bits per heavy atom. The number of hydrogen-bond donors (Lipinski definition) is 0. The molecule has 0 atom stereocenters. The van der Waals surface area contributed by atoms with E-state index in [4.69, 9.17) is 0 Å². The molecule has 0 N–H and O–H groups in total. The molecule has 0 aliphatic carbocycles.